The van der Waals surface area contributed by atoms with Gasteiger partial charge in [-0.15, -0.1) is 0 Å². The van der Waals surface area contributed by atoms with Crippen LogP contribution < -0.4 is 9.30 Å². The summed E-state index contributed by atoms with van der Waals surface area (Å²) in [6.07, 6.45) is 4.96. The van der Waals surface area contributed by atoms with Crippen molar-refractivity contribution in [1.29, 1.82) is 0 Å². The average Bonchev–Trinajstić information content (AvgIpc) is 3.95. The molecule has 4 aromatic heterocycles. The van der Waals surface area contributed by atoms with Crippen LogP contribution in [0.3, 0.4) is 0 Å². The number of fused-ring (bicyclic) bond motifs is 7. The van der Waals surface area contributed by atoms with E-state index in [1.54, 1.807) is 10.6 Å². The molecular weight excluding hydrogens is 723 g/mol. The lowest BCUT2D eigenvalue weighted by Crippen LogP contribution is -2.26. The monoisotopic (exact) mass is 766 g/mol. The fraction of sp³-hybridized carbons (Fsp3) is 0.0943. The largest absolute Gasteiger partial charge is 0.458 e. The molecule has 6 heteroatoms. The fourth-order valence-electron chi connectivity index (χ4n) is 8.67. The highest BCUT2D eigenvalue weighted by molar-refractivity contribution is 6.17. The number of ether oxygens (including phenoxy) is 1. The Hall–Kier alpha value is -7.44. The number of hydrogen-bond acceptors (Lipinski definition) is 2. The van der Waals surface area contributed by atoms with Gasteiger partial charge in [0, 0.05) is 39.5 Å². The Kier molecular flexibility index (Phi) is 7.14. The normalized spacial score (nSPS) is 13.0. The van der Waals surface area contributed by atoms with Crippen LogP contribution in [0.1, 0.15) is 30.4 Å². The van der Waals surface area contributed by atoms with Crippen LogP contribution in [0.25, 0.3) is 83.0 Å². The summed E-state index contributed by atoms with van der Waals surface area (Å²) >= 11 is 0. The second-order valence-electron chi connectivity index (χ2n) is 16.1. The summed E-state index contributed by atoms with van der Waals surface area (Å²) in [6, 6.07) is 58.2. The third kappa shape index (κ3) is 5.71. The van der Waals surface area contributed by atoms with Gasteiger partial charge in [0.25, 0.3) is 0 Å². The van der Waals surface area contributed by atoms with Crippen LogP contribution in [0, 0.1) is 6.33 Å². The zero-order valence-electron chi connectivity index (χ0n) is 35.9. The van der Waals surface area contributed by atoms with Crippen LogP contribution in [-0.4, -0.2) is 18.7 Å². The first-order valence-electron chi connectivity index (χ1n) is 21.4. The molecule has 0 bridgehead atoms. The van der Waals surface area contributed by atoms with Crippen molar-refractivity contribution < 1.29 is 13.4 Å². The van der Waals surface area contributed by atoms with Gasteiger partial charge in [0.15, 0.2) is 0 Å². The maximum atomic E-state index is 8.12. The summed E-state index contributed by atoms with van der Waals surface area (Å²) in [5.74, 6) is 2.09. The molecule has 0 aliphatic heterocycles. The molecule has 11 aromatic rings. The molecule has 0 aliphatic rings. The maximum absolute atomic E-state index is 8.12. The Labute approximate surface area is 346 Å². The second kappa shape index (κ2) is 13.3. The van der Waals surface area contributed by atoms with E-state index in [0.717, 1.165) is 55.6 Å². The third-order valence-corrected chi connectivity index (χ3v) is 11.5. The number of imidazole rings is 1. The highest BCUT2D eigenvalue weighted by Crippen LogP contribution is 2.42. The number of para-hydroxylation sites is 4. The van der Waals surface area contributed by atoms with E-state index in [-0.39, 0.29) is 5.41 Å². The van der Waals surface area contributed by atoms with Crippen LogP contribution >= 0.6 is 0 Å². The summed E-state index contributed by atoms with van der Waals surface area (Å²) in [7, 11) is 0. The van der Waals surface area contributed by atoms with Crippen LogP contribution in [0.4, 0.5) is 0 Å². The molecule has 0 aliphatic carbocycles. The number of pyridine rings is 1. The van der Waals surface area contributed by atoms with E-state index >= 15 is 0 Å². The smallest absolute Gasteiger partial charge is 0.244 e. The lowest BCUT2D eigenvalue weighted by Gasteiger charge is -2.20. The van der Waals surface area contributed by atoms with E-state index in [4.69, 9.17) is 13.8 Å². The summed E-state index contributed by atoms with van der Waals surface area (Å²) < 4.78 is 38.6. The standard InChI is InChI=1S/C53H41N5O/c1-53(2,3)36-28-29-54-51(31-36)58-46-27-24-35(41-19-13-23-49-52(41)43-18-8-9-20-45(43)57(49)37-14-6-5-7-15-37)30-44(46)42-26-25-40(33-50(42)58)59-39-17-12-16-38(32-39)56-34-55(4)47-21-10-11-22-48(47)56/h5-33H,1-4H3/i4D3. The maximum Gasteiger partial charge on any atom is 0.244 e. The lowest BCUT2D eigenvalue weighted by atomic mass is 9.88. The van der Waals surface area contributed by atoms with Gasteiger partial charge < -0.3 is 18.4 Å². The van der Waals surface area contributed by atoms with Gasteiger partial charge in [-0.2, -0.15) is 0 Å². The van der Waals surface area contributed by atoms with Crippen molar-refractivity contribution in [2.75, 3.05) is 0 Å². The molecule has 0 radical (unpaired) electrons. The lowest BCUT2D eigenvalue weighted by molar-refractivity contribution is -0.649. The fourth-order valence-corrected chi connectivity index (χ4v) is 8.67. The predicted molar refractivity (Wildman–Crippen MR) is 240 cm³/mol. The molecule has 0 fully saturated rings. The first-order valence-corrected chi connectivity index (χ1v) is 19.9. The van der Waals surface area contributed by atoms with E-state index in [2.05, 4.69) is 151 Å². The minimum Gasteiger partial charge on any atom is -0.458 e. The first-order chi connectivity index (χ1) is 30.0. The molecule has 0 saturated heterocycles. The van der Waals surface area contributed by atoms with Gasteiger partial charge in [-0.1, -0.05) is 112 Å². The molecule has 0 N–H and O–H groups in total. The molecule has 4 heterocycles. The van der Waals surface area contributed by atoms with E-state index in [1.807, 2.05) is 54.7 Å². The summed E-state index contributed by atoms with van der Waals surface area (Å²) in [5.41, 5.74) is 10.9. The molecule has 284 valence electrons. The second-order valence-corrected chi connectivity index (χ2v) is 16.1. The van der Waals surface area contributed by atoms with Gasteiger partial charge in [0.1, 0.15) is 17.3 Å². The Morgan fingerprint density at radius 1 is 0.576 bits per heavy atom. The topological polar surface area (TPSA) is 40.8 Å². The zero-order valence-corrected chi connectivity index (χ0v) is 32.9. The van der Waals surface area contributed by atoms with Crippen molar-refractivity contribution in [2.24, 2.45) is 6.98 Å². The SMILES string of the molecule is [2H]C([2H])([2H])[n+]1[c-]n(-c2cccc(Oc3ccc4c5cc(-c6cccc7c6c6ccccc6n7-c6ccccc6)ccc5n(-c5cc(C(C)(C)C)ccn5)c4c3)c2)c2ccccc21. The van der Waals surface area contributed by atoms with Crippen molar-refractivity contribution in [2.45, 2.75) is 26.2 Å². The highest BCUT2D eigenvalue weighted by Gasteiger charge is 2.21. The minimum atomic E-state index is -2.38. The van der Waals surface area contributed by atoms with Gasteiger partial charge in [-0.3, -0.25) is 4.57 Å². The van der Waals surface area contributed by atoms with Gasteiger partial charge in [0.05, 0.1) is 49.9 Å². The van der Waals surface area contributed by atoms with E-state index in [1.165, 1.54) is 32.0 Å². The molecule has 59 heavy (non-hydrogen) atoms. The molecule has 6 nitrogen and oxygen atoms in total. The van der Waals surface area contributed by atoms with Crippen molar-refractivity contribution in [3.05, 3.63) is 188 Å². The molecular formula is C53H41N5O. The molecule has 11 rings (SSSR count). The van der Waals surface area contributed by atoms with Crippen LogP contribution in [0.5, 0.6) is 11.5 Å². The summed E-state index contributed by atoms with van der Waals surface area (Å²) in [4.78, 5) is 4.96. The number of rotatable bonds is 6. The average molecular weight is 767 g/mol. The van der Waals surface area contributed by atoms with E-state index < -0.39 is 6.98 Å². The molecule has 7 aromatic carbocycles. The Morgan fingerprint density at radius 3 is 2.19 bits per heavy atom. The van der Waals surface area contributed by atoms with Crippen molar-refractivity contribution in [3.63, 3.8) is 0 Å². The number of nitrogens with zero attached hydrogens (tertiary/aromatic N) is 5. The third-order valence-electron chi connectivity index (χ3n) is 11.5. The van der Waals surface area contributed by atoms with E-state index in [9.17, 15) is 0 Å². The number of aromatic nitrogens is 5. The van der Waals surface area contributed by atoms with Crippen molar-refractivity contribution in [3.8, 4) is 39.8 Å². The Balaban J connectivity index is 1.07. The number of aryl methyl sites for hydroxylation is 1. The Morgan fingerprint density at radius 2 is 1.32 bits per heavy atom. The van der Waals surface area contributed by atoms with Gasteiger partial charge in [0.2, 0.25) is 6.33 Å². The minimum absolute atomic E-state index is 0.0776. The quantitative estimate of drug-likeness (QED) is 0.125. The van der Waals surface area contributed by atoms with Crippen LogP contribution in [0.15, 0.2) is 176 Å². The molecule has 0 amide bonds. The predicted octanol–water partition coefficient (Wildman–Crippen LogP) is 12.6. The van der Waals surface area contributed by atoms with Crippen molar-refractivity contribution >= 4 is 54.6 Å². The molecule has 0 atom stereocenters. The van der Waals surface area contributed by atoms with Gasteiger partial charge >= 0.3 is 0 Å². The van der Waals surface area contributed by atoms with Gasteiger partial charge in [-0.25, -0.2) is 4.98 Å². The zero-order chi connectivity index (χ0) is 42.3. The van der Waals surface area contributed by atoms with Crippen molar-refractivity contribution in [1.82, 2.24) is 18.7 Å². The number of benzene rings is 7. The summed E-state index contributed by atoms with van der Waals surface area (Å²) in [6.45, 7) is 4.27. The molecule has 0 saturated carbocycles. The number of hydrogen-bond donors (Lipinski definition) is 0. The van der Waals surface area contributed by atoms with Crippen LogP contribution in [-0.2, 0) is 12.4 Å². The molecule has 0 unspecified atom stereocenters. The first kappa shape index (κ1) is 31.6. The highest BCUT2D eigenvalue weighted by atomic mass is 16.5. The van der Waals surface area contributed by atoms with Crippen LogP contribution in [0.2, 0.25) is 0 Å². The Bertz CT molecular complexity index is 3540. The summed E-state index contributed by atoms with van der Waals surface area (Å²) in [5, 5.41) is 4.60. The van der Waals surface area contributed by atoms with Gasteiger partial charge in [-0.05, 0) is 94.9 Å². The van der Waals surface area contributed by atoms with E-state index in [0.29, 0.717) is 17.0 Å². The molecule has 0 spiro atoms.